The van der Waals surface area contributed by atoms with Gasteiger partial charge in [-0.3, -0.25) is 4.79 Å². The zero-order valence-electron chi connectivity index (χ0n) is 12.0. The first-order valence-corrected chi connectivity index (χ1v) is 7.53. The molecule has 1 atom stereocenters. The van der Waals surface area contributed by atoms with Gasteiger partial charge >= 0.3 is 0 Å². The van der Waals surface area contributed by atoms with Gasteiger partial charge in [0.2, 0.25) is 5.91 Å². The number of hydrogen-bond acceptors (Lipinski definition) is 3. The molecule has 19 heavy (non-hydrogen) atoms. The summed E-state index contributed by atoms with van der Waals surface area (Å²) in [6.07, 6.45) is 5.85. The highest BCUT2D eigenvalue weighted by molar-refractivity contribution is 5.85. The maximum atomic E-state index is 11.9. The van der Waals surface area contributed by atoms with Crippen molar-refractivity contribution in [1.29, 1.82) is 0 Å². The van der Waals surface area contributed by atoms with Gasteiger partial charge in [0.25, 0.3) is 0 Å². The Morgan fingerprint density at radius 3 is 2.63 bits per heavy atom. The number of halogens is 1. The van der Waals surface area contributed by atoms with Gasteiger partial charge in [-0.15, -0.1) is 12.4 Å². The van der Waals surface area contributed by atoms with Crippen molar-refractivity contribution in [2.45, 2.75) is 45.1 Å². The minimum absolute atomic E-state index is 0. The smallest absolute Gasteiger partial charge is 0.237 e. The lowest BCUT2D eigenvalue weighted by Gasteiger charge is -2.31. The number of nitrogens with zero attached hydrogens (tertiary/aromatic N) is 1. The number of piperidine rings is 1. The molecule has 2 N–H and O–H groups in total. The Bertz CT molecular complexity index is 261. The number of amides is 1. The van der Waals surface area contributed by atoms with Gasteiger partial charge in [-0.1, -0.05) is 6.92 Å². The number of carbonyl (C=O) groups excluding carboxylic acids is 1. The molecule has 0 bridgehead atoms. The third kappa shape index (κ3) is 5.28. The van der Waals surface area contributed by atoms with Crippen LogP contribution in [0.2, 0.25) is 0 Å². The second kappa shape index (κ2) is 8.77. The number of hydrogen-bond donors (Lipinski definition) is 2. The van der Waals surface area contributed by atoms with Gasteiger partial charge in [-0.05, 0) is 64.2 Å². The highest BCUT2D eigenvalue weighted by Crippen LogP contribution is 2.16. The van der Waals surface area contributed by atoms with E-state index in [4.69, 9.17) is 0 Å². The zero-order chi connectivity index (χ0) is 12.8. The van der Waals surface area contributed by atoms with E-state index in [1.807, 2.05) is 0 Å². The first-order valence-electron chi connectivity index (χ1n) is 7.53. The molecule has 2 aliphatic heterocycles. The van der Waals surface area contributed by atoms with E-state index in [2.05, 4.69) is 22.5 Å². The van der Waals surface area contributed by atoms with Crippen LogP contribution in [0.1, 0.15) is 39.0 Å². The fourth-order valence-electron chi connectivity index (χ4n) is 3.01. The minimum atomic E-state index is 0. The van der Waals surface area contributed by atoms with Crippen molar-refractivity contribution >= 4 is 18.3 Å². The molecule has 5 heteroatoms. The molecule has 0 unspecified atom stereocenters. The summed E-state index contributed by atoms with van der Waals surface area (Å²) in [7, 11) is 0. The Morgan fingerprint density at radius 2 is 2.05 bits per heavy atom. The van der Waals surface area contributed by atoms with Crippen LogP contribution < -0.4 is 10.6 Å². The Labute approximate surface area is 123 Å². The summed E-state index contributed by atoms with van der Waals surface area (Å²) in [4.78, 5) is 14.4. The quantitative estimate of drug-likeness (QED) is 0.804. The molecule has 4 nitrogen and oxygen atoms in total. The van der Waals surface area contributed by atoms with Gasteiger partial charge < -0.3 is 15.5 Å². The maximum Gasteiger partial charge on any atom is 0.237 e. The topological polar surface area (TPSA) is 44.4 Å². The summed E-state index contributed by atoms with van der Waals surface area (Å²) in [6.45, 7) is 7.74. The molecule has 112 valence electrons. The molecular formula is C14H28ClN3O. The van der Waals surface area contributed by atoms with E-state index >= 15 is 0 Å². The van der Waals surface area contributed by atoms with Gasteiger partial charge in [-0.2, -0.15) is 0 Å². The summed E-state index contributed by atoms with van der Waals surface area (Å²) >= 11 is 0. The summed E-state index contributed by atoms with van der Waals surface area (Å²) in [5.41, 5.74) is 0. The summed E-state index contributed by atoms with van der Waals surface area (Å²) in [6, 6.07) is 0.0742. The standard InChI is InChI=1S/C14H27N3O.ClH/c1-2-8-17-9-5-12(6-10-17)11-16-14(18)13-4-3-7-15-13;/h12-13,15H,2-11H2,1H3,(H,16,18);1H/t13-;/m0./s1. The molecule has 2 fully saturated rings. The fourth-order valence-corrected chi connectivity index (χ4v) is 3.01. The molecule has 2 rings (SSSR count). The van der Waals surface area contributed by atoms with E-state index in [1.165, 1.54) is 38.9 Å². The molecular weight excluding hydrogens is 262 g/mol. The second-order valence-electron chi connectivity index (χ2n) is 5.68. The molecule has 1 amide bonds. The molecule has 0 aliphatic carbocycles. The van der Waals surface area contributed by atoms with E-state index in [1.54, 1.807) is 0 Å². The Balaban J connectivity index is 0.00000180. The second-order valence-corrected chi connectivity index (χ2v) is 5.68. The monoisotopic (exact) mass is 289 g/mol. The third-order valence-corrected chi connectivity index (χ3v) is 4.19. The normalized spacial score (nSPS) is 25.0. The van der Waals surface area contributed by atoms with Crippen molar-refractivity contribution in [2.75, 3.05) is 32.7 Å². The van der Waals surface area contributed by atoms with Gasteiger partial charge in [0.05, 0.1) is 6.04 Å². The first-order chi connectivity index (χ1) is 8.79. The van der Waals surface area contributed by atoms with Gasteiger partial charge in [0.15, 0.2) is 0 Å². The Hall–Kier alpha value is -0.320. The molecule has 0 aromatic carbocycles. The zero-order valence-corrected chi connectivity index (χ0v) is 12.8. The van der Waals surface area contributed by atoms with Crippen LogP contribution in [0.15, 0.2) is 0 Å². The van der Waals surface area contributed by atoms with Gasteiger partial charge in [-0.25, -0.2) is 0 Å². The minimum Gasteiger partial charge on any atom is -0.354 e. The highest BCUT2D eigenvalue weighted by atomic mass is 35.5. The average molecular weight is 290 g/mol. The number of likely N-dealkylation sites (tertiary alicyclic amines) is 1. The first kappa shape index (κ1) is 16.7. The predicted octanol–water partition coefficient (Wildman–Crippen LogP) is 1.40. The van der Waals surface area contributed by atoms with E-state index in [0.717, 1.165) is 25.9 Å². The third-order valence-electron chi connectivity index (χ3n) is 4.19. The molecule has 0 spiro atoms. The molecule has 0 aromatic rings. The SMILES string of the molecule is CCCN1CCC(CNC(=O)[C@@H]2CCCN2)CC1.Cl. The molecule has 2 heterocycles. The van der Waals surface area contributed by atoms with Crippen molar-refractivity contribution in [3.8, 4) is 0 Å². The van der Waals surface area contributed by atoms with E-state index in [-0.39, 0.29) is 24.4 Å². The van der Waals surface area contributed by atoms with E-state index in [0.29, 0.717) is 5.92 Å². The predicted molar refractivity (Wildman–Crippen MR) is 80.7 cm³/mol. The van der Waals surface area contributed by atoms with Crippen molar-refractivity contribution in [3.05, 3.63) is 0 Å². The van der Waals surface area contributed by atoms with Crippen LogP contribution in [0.4, 0.5) is 0 Å². The van der Waals surface area contributed by atoms with E-state index < -0.39 is 0 Å². The summed E-state index contributed by atoms with van der Waals surface area (Å²) in [5.74, 6) is 0.895. The average Bonchev–Trinajstić information content (AvgIpc) is 2.92. The Morgan fingerprint density at radius 1 is 1.32 bits per heavy atom. The van der Waals surface area contributed by atoms with Crippen LogP contribution >= 0.6 is 12.4 Å². The van der Waals surface area contributed by atoms with E-state index in [9.17, 15) is 4.79 Å². The number of rotatable bonds is 5. The molecule has 0 aromatic heterocycles. The fraction of sp³-hybridized carbons (Fsp3) is 0.929. The highest BCUT2D eigenvalue weighted by Gasteiger charge is 2.23. The van der Waals surface area contributed by atoms with Crippen LogP contribution in [-0.4, -0.2) is 49.6 Å². The van der Waals surface area contributed by atoms with Crippen molar-refractivity contribution in [3.63, 3.8) is 0 Å². The molecule has 0 saturated carbocycles. The lowest BCUT2D eigenvalue weighted by atomic mass is 9.96. The summed E-state index contributed by atoms with van der Waals surface area (Å²) < 4.78 is 0. The van der Waals surface area contributed by atoms with Crippen molar-refractivity contribution in [2.24, 2.45) is 5.92 Å². The summed E-state index contributed by atoms with van der Waals surface area (Å²) in [5, 5.41) is 6.37. The molecule has 0 radical (unpaired) electrons. The lowest BCUT2D eigenvalue weighted by Crippen LogP contribution is -2.44. The Kier molecular flexibility index (Phi) is 7.73. The lowest BCUT2D eigenvalue weighted by molar-refractivity contribution is -0.123. The van der Waals surface area contributed by atoms with Gasteiger partial charge in [0.1, 0.15) is 0 Å². The number of carbonyl (C=O) groups is 1. The van der Waals surface area contributed by atoms with Crippen LogP contribution in [0.3, 0.4) is 0 Å². The van der Waals surface area contributed by atoms with Crippen LogP contribution in [0, 0.1) is 5.92 Å². The van der Waals surface area contributed by atoms with Crippen LogP contribution in [-0.2, 0) is 4.79 Å². The largest absolute Gasteiger partial charge is 0.354 e. The number of nitrogens with one attached hydrogen (secondary N) is 2. The van der Waals surface area contributed by atoms with Crippen molar-refractivity contribution in [1.82, 2.24) is 15.5 Å². The van der Waals surface area contributed by atoms with Gasteiger partial charge in [0, 0.05) is 6.54 Å². The molecule has 2 aliphatic rings. The molecule has 2 saturated heterocycles. The van der Waals surface area contributed by atoms with Crippen LogP contribution in [0.25, 0.3) is 0 Å². The van der Waals surface area contributed by atoms with Crippen LogP contribution in [0.5, 0.6) is 0 Å². The van der Waals surface area contributed by atoms with Crippen molar-refractivity contribution < 1.29 is 4.79 Å². The maximum absolute atomic E-state index is 11.9.